The summed E-state index contributed by atoms with van der Waals surface area (Å²) < 4.78 is 4.61. The van der Waals surface area contributed by atoms with Crippen molar-refractivity contribution in [2.24, 2.45) is 0 Å². The van der Waals surface area contributed by atoms with Crippen LogP contribution in [0.15, 0.2) is 0 Å². The van der Waals surface area contributed by atoms with Crippen LogP contribution in [0.3, 0.4) is 0 Å². The predicted octanol–water partition coefficient (Wildman–Crippen LogP) is -0.193. The van der Waals surface area contributed by atoms with Gasteiger partial charge in [0.05, 0.1) is 7.11 Å². The number of rotatable bonds is 2. The molecule has 1 saturated heterocycles. The van der Waals surface area contributed by atoms with Crippen molar-refractivity contribution in [1.29, 1.82) is 0 Å². The summed E-state index contributed by atoms with van der Waals surface area (Å²) in [6, 6.07) is -0.368. The highest BCUT2D eigenvalue weighted by Crippen LogP contribution is 2.30. The van der Waals surface area contributed by atoms with Crippen LogP contribution in [0.25, 0.3) is 0 Å². The highest BCUT2D eigenvalue weighted by atomic mass is 16.5. The summed E-state index contributed by atoms with van der Waals surface area (Å²) in [5.74, 6) is -0.873. The van der Waals surface area contributed by atoms with Crippen LogP contribution in [0.2, 0.25) is 0 Å². The quantitative estimate of drug-likeness (QED) is 0.656. The molecule has 1 fully saturated rings. The minimum atomic E-state index is -1.24. The zero-order valence-electron chi connectivity index (χ0n) is 10.0. The summed E-state index contributed by atoms with van der Waals surface area (Å²) in [4.78, 5) is 34.6. The molecule has 96 valence electrons. The summed E-state index contributed by atoms with van der Waals surface area (Å²) in [5.41, 5.74) is -1.24. The topological polar surface area (TPSA) is 95.9 Å². The van der Waals surface area contributed by atoms with Crippen LogP contribution in [0, 0.1) is 0 Å². The monoisotopic (exact) mass is 244 g/mol. The number of nitrogens with zero attached hydrogens (tertiary/aromatic N) is 1. The van der Waals surface area contributed by atoms with Gasteiger partial charge in [0, 0.05) is 25.9 Å². The molecular weight excluding hydrogens is 228 g/mol. The molecule has 7 nitrogen and oxygen atoms in total. The lowest BCUT2D eigenvalue weighted by Gasteiger charge is -2.29. The molecule has 2 unspecified atom stereocenters. The number of likely N-dealkylation sites (tertiary alicyclic amines) is 1. The molecule has 0 bridgehead atoms. The van der Waals surface area contributed by atoms with Crippen molar-refractivity contribution in [3.8, 4) is 0 Å². The number of hydrogen-bond acceptors (Lipinski definition) is 4. The van der Waals surface area contributed by atoms with Gasteiger partial charge in [-0.2, -0.15) is 0 Å². The van der Waals surface area contributed by atoms with Crippen molar-refractivity contribution < 1.29 is 24.2 Å². The molecule has 0 spiro atoms. The van der Waals surface area contributed by atoms with E-state index in [4.69, 9.17) is 5.11 Å². The lowest BCUT2D eigenvalue weighted by atomic mass is 9.97. The van der Waals surface area contributed by atoms with Crippen molar-refractivity contribution in [1.82, 2.24) is 10.2 Å². The molecule has 1 aliphatic heterocycles. The number of esters is 1. The Morgan fingerprint density at radius 3 is 2.47 bits per heavy atom. The first-order valence-electron chi connectivity index (χ1n) is 5.17. The lowest BCUT2D eigenvalue weighted by molar-refractivity contribution is -0.151. The van der Waals surface area contributed by atoms with Crippen LogP contribution in [0.4, 0.5) is 4.79 Å². The van der Waals surface area contributed by atoms with E-state index in [1.165, 1.54) is 21.0 Å². The number of hydrogen-bond donors (Lipinski definition) is 2. The van der Waals surface area contributed by atoms with Gasteiger partial charge in [-0.3, -0.25) is 9.69 Å². The summed E-state index contributed by atoms with van der Waals surface area (Å²) in [5, 5.41) is 11.7. The Labute approximate surface area is 98.7 Å². The van der Waals surface area contributed by atoms with Crippen molar-refractivity contribution in [3.05, 3.63) is 0 Å². The van der Waals surface area contributed by atoms with E-state index in [1.54, 1.807) is 0 Å². The predicted molar refractivity (Wildman–Crippen MR) is 57.4 cm³/mol. The highest BCUT2D eigenvalue weighted by Gasteiger charge is 2.51. The van der Waals surface area contributed by atoms with E-state index < -0.39 is 17.6 Å². The fraction of sp³-hybridized carbons (Fsp3) is 0.700. The second-order valence-corrected chi connectivity index (χ2v) is 4.26. The van der Waals surface area contributed by atoms with Crippen LogP contribution < -0.4 is 5.32 Å². The molecule has 0 aromatic carbocycles. The Morgan fingerprint density at radius 1 is 1.47 bits per heavy atom. The smallest absolute Gasteiger partial charge is 0.408 e. The van der Waals surface area contributed by atoms with Gasteiger partial charge in [-0.1, -0.05) is 0 Å². The van der Waals surface area contributed by atoms with Crippen LogP contribution in [0.5, 0.6) is 0 Å². The molecule has 2 atom stereocenters. The fourth-order valence-electron chi connectivity index (χ4n) is 2.16. The first-order chi connectivity index (χ1) is 7.81. The SMILES string of the molecule is COC(=O)C1(C)CC(NC(C)=O)CN1C(=O)O. The Balaban J connectivity index is 2.91. The van der Waals surface area contributed by atoms with Gasteiger partial charge >= 0.3 is 12.1 Å². The minimum Gasteiger partial charge on any atom is -0.467 e. The molecule has 0 aromatic rings. The molecule has 7 heteroatoms. The standard InChI is InChI=1S/C10H16N2O5/c1-6(13)11-7-4-10(2,8(14)17-3)12(5-7)9(15)16/h7H,4-5H2,1-3H3,(H,11,13)(H,15,16). The molecule has 0 aromatic heterocycles. The molecule has 1 aliphatic rings. The van der Waals surface area contributed by atoms with E-state index in [0.717, 1.165) is 4.90 Å². The summed E-state index contributed by atoms with van der Waals surface area (Å²) >= 11 is 0. The summed E-state index contributed by atoms with van der Waals surface area (Å²) in [7, 11) is 1.21. The molecule has 0 aliphatic carbocycles. The Bertz CT molecular complexity index is 357. The van der Waals surface area contributed by atoms with Crippen molar-refractivity contribution >= 4 is 18.0 Å². The number of nitrogens with one attached hydrogen (secondary N) is 1. The zero-order chi connectivity index (χ0) is 13.2. The van der Waals surface area contributed by atoms with Crippen molar-refractivity contribution in [2.75, 3.05) is 13.7 Å². The Kier molecular flexibility index (Phi) is 3.59. The maximum atomic E-state index is 11.6. The minimum absolute atomic E-state index is 0.0838. The van der Waals surface area contributed by atoms with E-state index >= 15 is 0 Å². The largest absolute Gasteiger partial charge is 0.467 e. The number of ether oxygens (including phenoxy) is 1. The zero-order valence-corrected chi connectivity index (χ0v) is 10.0. The third-order valence-electron chi connectivity index (χ3n) is 2.91. The van der Waals surface area contributed by atoms with Crippen LogP contribution in [0.1, 0.15) is 20.3 Å². The molecule has 17 heavy (non-hydrogen) atoms. The van der Waals surface area contributed by atoms with Gasteiger partial charge in [0.2, 0.25) is 5.91 Å². The second kappa shape index (κ2) is 4.60. The third-order valence-corrected chi connectivity index (χ3v) is 2.91. The Hall–Kier alpha value is -1.79. The van der Waals surface area contributed by atoms with E-state index in [-0.39, 0.29) is 24.9 Å². The summed E-state index contributed by atoms with van der Waals surface area (Å²) in [6.45, 7) is 2.92. The van der Waals surface area contributed by atoms with Gasteiger partial charge < -0.3 is 15.2 Å². The van der Waals surface area contributed by atoms with Crippen LogP contribution >= 0.6 is 0 Å². The molecule has 2 N–H and O–H groups in total. The molecule has 0 saturated carbocycles. The molecule has 0 radical (unpaired) electrons. The van der Waals surface area contributed by atoms with Gasteiger partial charge in [-0.05, 0) is 6.92 Å². The van der Waals surface area contributed by atoms with E-state index in [2.05, 4.69) is 10.1 Å². The average molecular weight is 244 g/mol. The maximum Gasteiger partial charge on any atom is 0.408 e. The Morgan fingerprint density at radius 2 is 2.06 bits per heavy atom. The fourth-order valence-corrected chi connectivity index (χ4v) is 2.16. The second-order valence-electron chi connectivity index (χ2n) is 4.26. The summed E-state index contributed by atoms with van der Waals surface area (Å²) in [6.07, 6.45) is -0.989. The van der Waals surface area contributed by atoms with E-state index in [9.17, 15) is 14.4 Å². The van der Waals surface area contributed by atoms with Gasteiger partial charge in [0.25, 0.3) is 0 Å². The third kappa shape index (κ3) is 2.48. The molecule has 2 amide bonds. The molecule has 1 heterocycles. The van der Waals surface area contributed by atoms with Gasteiger partial charge in [-0.15, -0.1) is 0 Å². The average Bonchev–Trinajstić information content (AvgIpc) is 2.54. The van der Waals surface area contributed by atoms with Crippen LogP contribution in [-0.4, -0.2) is 53.2 Å². The number of amides is 2. The highest BCUT2D eigenvalue weighted by molar-refractivity contribution is 5.86. The number of carbonyl (C=O) groups is 3. The molecule has 1 rings (SSSR count). The first-order valence-corrected chi connectivity index (χ1v) is 5.17. The number of methoxy groups -OCH3 is 1. The van der Waals surface area contributed by atoms with Crippen LogP contribution in [-0.2, 0) is 14.3 Å². The normalized spacial score (nSPS) is 27.7. The van der Waals surface area contributed by atoms with Crippen molar-refractivity contribution in [2.45, 2.75) is 31.8 Å². The van der Waals surface area contributed by atoms with E-state index in [1.807, 2.05) is 0 Å². The van der Waals surface area contributed by atoms with E-state index in [0.29, 0.717) is 0 Å². The first kappa shape index (κ1) is 13.3. The van der Waals surface area contributed by atoms with Crippen molar-refractivity contribution in [3.63, 3.8) is 0 Å². The lowest BCUT2D eigenvalue weighted by Crippen LogP contribution is -2.50. The molecular formula is C10H16N2O5. The maximum absolute atomic E-state index is 11.6. The number of carbonyl (C=O) groups excluding carboxylic acids is 2. The number of carboxylic acid groups (broad SMARTS) is 1. The van der Waals surface area contributed by atoms with Gasteiger partial charge in [0.15, 0.2) is 0 Å². The van der Waals surface area contributed by atoms with Gasteiger partial charge in [-0.25, -0.2) is 9.59 Å². The van der Waals surface area contributed by atoms with Gasteiger partial charge in [0.1, 0.15) is 5.54 Å².